The summed E-state index contributed by atoms with van der Waals surface area (Å²) in [5.74, 6) is -0.387. The van der Waals surface area contributed by atoms with Crippen molar-refractivity contribution in [2.75, 3.05) is 18.4 Å². The van der Waals surface area contributed by atoms with E-state index >= 15 is 0 Å². The third-order valence-corrected chi connectivity index (χ3v) is 6.40. The summed E-state index contributed by atoms with van der Waals surface area (Å²) < 4.78 is 2.07. The van der Waals surface area contributed by atoms with Crippen LogP contribution in [0, 0.1) is 6.92 Å². The van der Waals surface area contributed by atoms with Gasteiger partial charge in [0.15, 0.2) is 0 Å². The van der Waals surface area contributed by atoms with Crippen LogP contribution in [-0.4, -0.2) is 51.6 Å². The minimum absolute atomic E-state index is 0.0860. The second kappa shape index (κ2) is 8.14. The lowest BCUT2D eigenvalue weighted by Gasteiger charge is -2.28. The average molecular weight is 411 g/mol. The van der Waals surface area contributed by atoms with Gasteiger partial charge in [0, 0.05) is 48.8 Å². The number of aromatic nitrogens is 1. The van der Waals surface area contributed by atoms with Gasteiger partial charge in [-0.05, 0) is 63.3 Å². The van der Waals surface area contributed by atoms with Crippen molar-refractivity contribution in [3.8, 4) is 5.69 Å². The molecule has 1 aliphatic heterocycles. The SMILES string of the molecule is CCN1CCc2c(c(C)cn2-c2ccc(C(N)=O)c(NC3CCC(O)CC3)c2)C1=O. The Morgan fingerprint density at radius 3 is 2.67 bits per heavy atom. The molecule has 160 valence electrons. The van der Waals surface area contributed by atoms with Crippen molar-refractivity contribution in [3.05, 3.63) is 46.8 Å². The standard InChI is InChI=1S/C23H30N4O3/c1-3-26-11-10-20-21(23(26)30)14(2)13-27(20)16-6-9-18(22(24)29)19(12-16)25-15-4-7-17(28)8-5-15/h6,9,12-13,15,17,25,28H,3-5,7-8,10-11H2,1-2H3,(H2,24,29). The van der Waals surface area contributed by atoms with Gasteiger partial charge in [0.2, 0.25) is 0 Å². The summed E-state index contributed by atoms with van der Waals surface area (Å²) in [6.07, 6.45) is 5.77. The van der Waals surface area contributed by atoms with E-state index in [1.54, 1.807) is 6.07 Å². The zero-order valence-electron chi connectivity index (χ0n) is 17.6. The van der Waals surface area contributed by atoms with Crippen LogP contribution < -0.4 is 11.1 Å². The lowest BCUT2D eigenvalue weighted by molar-refractivity contribution is 0.0747. The van der Waals surface area contributed by atoms with E-state index in [1.807, 2.05) is 37.1 Å². The maximum Gasteiger partial charge on any atom is 0.255 e. The molecule has 1 aromatic heterocycles. The first kappa shape index (κ1) is 20.5. The predicted octanol–water partition coefficient (Wildman–Crippen LogP) is 2.62. The molecule has 2 amide bonds. The molecule has 0 spiro atoms. The minimum Gasteiger partial charge on any atom is -0.393 e. The number of fused-ring (bicyclic) bond motifs is 1. The number of nitrogens with zero attached hydrogens (tertiary/aromatic N) is 2. The Labute approximate surface area is 176 Å². The molecule has 0 radical (unpaired) electrons. The van der Waals surface area contributed by atoms with Gasteiger partial charge in [-0.15, -0.1) is 0 Å². The highest BCUT2D eigenvalue weighted by atomic mass is 16.3. The van der Waals surface area contributed by atoms with Crippen molar-refractivity contribution < 1.29 is 14.7 Å². The molecule has 2 aromatic rings. The molecule has 7 heteroatoms. The summed E-state index contributed by atoms with van der Waals surface area (Å²) in [6.45, 7) is 5.39. The Morgan fingerprint density at radius 2 is 2.00 bits per heavy atom. The van der Waals surface area contributed by atoms with Crippen LogP contribution in [-0.2, 0) is 6.42 Å². The van der Waals surface area contributed by atoms with Crippen molar-refractivity contribution in [1.29, 1.82) is 0 Å². The molecular formula is C23H30N4O3. The largest absolute Gasteiger partial charge is 0.393 e. The number of carbonyl (C=O) groups excluding carboxylic acids is 2. The highest BCUT2D eigenvalue weighted by molar-refractivity contribution is 5.99. The van der Waals surface area contributed by atoms with E-state index in [-0.39, 0.29) is 18.1 Å². The summed E-state index contributed by atoms with van der Waals surface area (Å²) in [6, 6.07) is 5.78. The Kier molecular flexibility index (Phi) is 5.56. The highest BCUT2D eigenvalue weighted by Gasteiger charge is 2.29. The number of nitrogens with two attached hydrogens (primary N) is 1. The van der Waals surface area contributed by atoms with E-state index in [4.69, 9.17) is 5.73 Å². The molecule has 0 bridgehead atoms. The monoisotopic (exact) mass is 410 g/mol. The molecule has 2 heterocycles. The Morgan fingerprint density at radius 1 is 1.27 bits per heavy atom. The Bertz CT molecular complexity index is 973. The van der Waals surface area contributed by atoms with E-state index < -0.39 is 5.91 Å². The number of likely N-dealkylation sites (N-methyl/N-ethyl adjacent to an activating group) is 1. The van der Waals surface area contributed by atoms with Crippen LogP contribution in [0.2, 0.25) is 0 Å². The van der Waals surface area contributed by atoms with Gasteiger partial charge in [0.25, 0.3) is 11.8 Å². The lowest BCUT2D eigenvalue weighted by atomic mass is 9.92. The minimum atomic E-state index is -0.473. The van der Waals surface area contributed by atoms with Gasteiger partial charge in [-0.2, -0.15) is 0 Å². The van der Waals surface area contributed by atoms with E-state index in [1.165, 1.54) is 0 Å². The number of nitrogens with one attached hydrogen (secondary N) is 1. The van der Waals surface area contributed by atoms with Gasteiger partial charge in [-0.25, -0.2) is 0 Å². The fraction of sp³-hybridized carbons (Fsp3) is 0.478. The van der Waals surface area contributed by atoms with Crippen molar-refractivity contribution in [2.45, 2.75) is 58.1 Å². The zero-order valence-corrected chi connectivity index (χ0v) is 17.6. The first-order valence-electron chi connectivity index (χ1n) is 10.8. The number of carbonyl (C=O) groups is 2. The topological polar surface area (TPSA) is 101 Å². The number of aryl methyl sites for hydroxylation is 1. The normalized spacial score (nSPS) is 21.4. The van der Waals surface area contributed by atoms with Gasteiger partial charge >= 0.3 is 0 Å². The molecule has 2 aliphatic rings. The highest BCUT2D eigenvalue weighted by Crippen LogP contribution is 2.30. The van der Waals surface area contributed by atoms with Crippen molar-refractivity contribution >= 4 is 17.5 Å². The van der Waals surface area contributed by atoms with Gasteiger partial charge in [-0.1, -0.05) is 0 Å². The van der Waals surface area contributed by atoms with Crippen LogP contribution in [0.15, 0.2) is 24.4 Å². The molecule has 4 N–H and O–H groups in total. The van der Waals surface area contributed by atoms with Crippen LogP contribution in [0.3, 0.4) is 0 Å². The molecule has 7 nitrogen and oxygen atoms in total. The second-order valence-corrected chi connectivity index (χ2v) is 8.38. The maximum atomic E-state index is 12.8. The van der Waals surface area contributed by atoms with Crippen LogP contribution in [0.4, 0.5) is 5.69 Å². The molecule has 1 aliphatic carbocycles. The van der Waals surface area contributed by atoms with Crippen LogP contribution in [0.25, 0.3) is 5.69 Å². The zero-order chi connectivity index (χ0) is 21.4. The third-order valence-electron chi connectivity index (χ3n) is 6.40. The van der Waals surface area contributed by atoms with E-state index in [2.05, 4.69) is 9.88 Å². The molecular weight excluding hydrogens is 380 g/mol. The Balaban J connectivity index is 1.70. The number of rotatable bonds is 5. The molecule has 0 atom stereocenters. The van der Waals surface area contributed by atoms with Crippen molar-refractivity contribution in [3.63, 3.8) is 0 Å². The van der Waals surface area contributed by atoms with Crippen molar-refractivity contribution in [2.24, 2.45) is 5.73 Å². The summed E-state index contributed by atoms with van der Waals surface area (Å²) in [5.41, 5.74) is 10.4. The number of primary amides is 1. The quantitative estimate of drug-likeness (QED) is 0.705. The summed E-state index contributed by atoms with van der Waals surface area (Å²) >= 11 is 0. The number of hydrogen-bond acceptors (Lipinski definition) is 4. The average Bonchev–Trinajstić information content (AvgIpc) is 3.07. The summed E-state index contributed by atoms with van der Waals surface area (Å²) in [4.78, 5) is 26.7. The number of benzene rings is 1. The predicted molar refractivity (Wildman–Crippen MR) is 116 cm³/mol. The van der Waals surface area contributed by atoms with E-state index in [9.17, 15) is 14.7 Å². The van der Waals surface area contributed by atoms with Crippen LogP contribution >= 0.6 is 0 Å². The number of aliphatic hydroxyl groups excluding tert-OH is 1. The molecule has 1 saturated carbocycles. The molecule has 1 aromatic carbocycles. The molecule has 0 unspecified atom stereocenters. The fourth-order valence-corrected chi connectivity index (χ4v) is 4.71. The second-order valence-electron chi connectivity index (χ2n) is 8.38. The van der Waals surface area contributed by atoms with Gasteiger partial charge < -0.3 is 25.6 Å². The van der Waals surface area contributed by atoms with Gasteiger partial charge in [-0.3, -0.25) is 9.59 Å². The lowest BCUT2D eigenvalue weighted by Crippen LogP contribution is -2.37. The number of anilines is 1. The Hall–Kier alpha value is -2.80. The molecule has 1 fully saturated rings. The van der Waals surface area contributed by atoms with Gasteiger partial charge in [0.1, 0.15) is 0 Å². The van der Waals surface area contributed by atoms with Crippen LogP contribution in [0.1, 0.15) is 64.6 Å². The van der Waals surface area contributed by atoms with E-state index in [0.717, 1.165) is 54.6 Å². The van der Waals surface area contributed by atoms with Crippen LogP contribution in [0.5, 0.6) is 0 Å². The maximum absolute atomic E-state index is 12.8. The third kappa shape index (κ3) is 3.69. The molecule has 0 saturated heterocycles. The summed E-state index contributed by atoms with van der Waals surface area (Å²) in [5, 5.41) is 13.2. The molecule has 4 rings (SSSR count). The first-order valence-corrected chi connectivity index (χ1v) is 10.8. The number of amides is 2. The summed E-state index contributed by atoms with van der Waals surface area (Å²) in [7, 11) is 0. The number of aliphatic hydroxyl groups is 1. The smallest absolute Gasteiger partial charge is 0.255 e. The number of hydrogen-bond donors (Lipinski definition) is 3. The van der Waals surface area contributed by atoms with Crippen molar-refractivity contribution in [1.82, 2.24) is 9.47 Å². The van der Waals surface area contributed by atoms with E-state index in [0.29, 0.717) is 24.3 Å². The van der Waals surface area contributed by atoms with Gasteiger partial charge in [0.05, 0.1) is 17.2 Å². The molecule has 30 heavy (non-hydrogen) atoms. The first-order chi connectivity index (χ1) is 14.4. The fourth-order valence-electron chi connectivity index (χ4n) is 4.71.